The maximum Gasteiger partial charge on any atom is 0.472 e. The number of hydrogen-bond acceptors (Lipinski definition) is 9. The zero-order valence-electron chi connectivity index (χ0n) is 30.0. The second kappa shape index (κ2) is 33.5. The van der Waals surface area contributed by atoms with Crippen molar-refractivity contribution in [3.05, 3.63) is 0 Å². The van der Waals surface area contributed by atoms with Crippen molar-refractivity contribution in [2.24, 2.45) is 0 Å². The molecule has 3 unspecified atom stereocenters. The van der Waals surface area contributed by atoms with Gasteiger partial charge in [-0.05, 0) is 12.8 Å². The van der Waals surface area contributed by atoms with Crippen LogP contribution in [0.25, 0.3) is 0 Å². The molecule has 11 heteroatoms. The van der Waals surface area contributed by atoms with Gasteiger partial charge in [0.2, 0.25) is 0 Å². The summed E-state index contributed by atoms with van der Waals surface area (Å²) >= 11 is 0. The number of phosphoric acid groups is 1. The highest BCUT2D eigenvalue weighted by atomic mass is 31.2. The van der Waals surface area contributed by atoms with E-state index >= 15 is 0 Å². The highest BCUT2D eigenvalue weighted by Gasteiger charge is 2.27. The standard InChI is InChI=1S/C36H71O10P/c1-3-5-7-9-11-12-13-14-15-16-17-18-19-20-21-22-24-26-28-36(40)46-34(32-45-47(41,42)44-30-33(38)29-37)31-43-35(39)27-25-23-10-8-6-4-2/h33-34,37-38H,3-32H2,1-2H3,(H,41,42). The first-order valence-electron chi connectivity index (χ1n) is 19.0. The SMILES string of the molecule is CCCCCCCCCCCCCCCCCCCCC(=O)OC(COC(=O)CCCCCCCC)COP(=O)(O)OCC(O)CO. The summed E-state index contributed by atoms with van der Waals surface area (Å²) in [4.78, 5) is 34.6. The number of rotatable bonds is 36. The smallest absolute Gasteiger partial charge is 0.462 e. The minimum Gasteiger partial charge on any atom is -0.462 e. The van der Waals surface area contributed by atoms with Crippen LogP contribution in [-0.2, 0) is 32.7 Å². The van der Waals surface area contributed by atoms with Gasteiger partial charge in [-0.3, -0.25) is 18.6 Å². The first-order valence-corrected chi connectivity index (χ1v) is 20.5. The Bertz CT molecular complexity index is 766. The number of carbonyl (C=O) groups is 2. The lowest BCUT2D eigenvalue weighted by Gasteiger charge is -2.20. The van der Waals surface area contributed by atoms with Gasteiger partial charge >= 0.3 is 19.8 Å². The van der Waals surface area contributed by atoms with E-state index in [1.165, 1.54) is 96.3 Å². The van der Waals surface area contributed by atoms with E-state index in [-0.39, 0.29) is 19.4 Å². The highest BCUT2D eigenvalue weighted by Crippen LogP contribution is 2.43. The van der Waals surface area contributed by atoms with Gasteiger partial charge < -0.3 is 24.6 Å². The Morgan fingerprint density at radius 3 is 1.32 bits per heavy atom. The van der Waals surface area contributed by atoms with E-state index in [0.717, 1.165) is 44.9 Å². The molecular weight excluding hydrogens is 623 g/mol. The Balaban J connectivity index is 4.18. The molecule has 0 aromatic rings. The second-order valence-corrected chi connectivity index (χ2v) is 14.4. The number of carbonyl (C=O) groups excluding carboxylic acids is 2. The molecule has 0 saturated heterocycles. The van der Waals surface area contributed by atoms with Crippen LogP contribution in [0.5, 0.6) is 0 Å². The van der Waals surface area contributed by atoms with Crippen molar-refractivity contribution in [3.63, 3.8) is 0 Å². The second-order valence-electron chi connectivity index (χ2n) is 13.0. The van der Waals surface area contributed by atoms with Crippen LogP contribution in [0.4, 0.5) is 0 Å². The van der Waals surface area contributed by atoms with Gasteiger partial charge in [0, 0.05) is 12.8 Å². The molecule has 0 radical (unpaired) electrons. The van der Waals surface area contributed by atoms with E-state index in [4.69, 9.17) is 19.1 Å². The number of aliphatic hydroxyl groups is 2. The summed E-state index contributed by atoms with van der Waals surface area (Å²) in [7, 11) is -4.60. The molecule has 0 aromatic heterocycles. The average molecular weight is 695 g/mol. The number of phosphoric ester groups is 1. The summed E-state index contributed by atoms with van der Waals surface area (Å²) in [6.07, 6.45) is 26.8. The molecule has 0 bridgehead atoms. The molecule has 47 heavy (non-hydrogen) atoms. The van der Waals surface area contributed by atoms with Crippen molar-refractivity contribution in [2.45, 2.75) is 193 Å². The summed E-state index contributed by atoms with van der Waals surface area (Å²) in [5.41, 5.74) is 0. The van der Waals surface area contributed by atoms with Gasteiger partial charge in [0.05, 0.1) is 19.8 Å². The van der Waals surface area contributed by atoms with Crippen molar-refractivity contribution >= 4 is 19.8 Å². The predicted molar refractivity (Wildman–Crippen MR) is 187 cm³/mol. The number of unbranched alkanes of at least 4 members (excludes halogenated alkanes) is 22. The van der Waals surface area contributed by atoms with Crippen LogP contribution < -0.4 is 0 Å². The number of esters is 2. The molecule has 0 aromatic carbocycles. The Morgan fingerprint density at radius 1 is 0.553 bits per heavy atom. The third kappa shape index (κ3) is 33.3. The average Bonchev–Trinajstić information content (AvgIpc) is 3.05. The van der Waals surface area contributed by atoms with Crippen molar-refractivity contribution in [1.82, 2.24) is 0 Å². The lowest BCUT2D eigenvalue weighted by molar-refractivity contribution is -0.161. The van der Waals surface area contributed by atoms with E-state index < -0.39 is 51.8 Å². The Hall–Kier alpha value is -1.03. The minimum atomic E-state index is -4.60. The predicted octanol–water partition coefficient (Wildman–Crippen LogP) is 9.11. The molecule has 10 nitrogen and oxygen atoms in total. The third-order valence-electron chi connectivity index (χ3n) is 8.26. The van der Waals surface area contributed by atoms with Crippen LogP contribution in [0.2, 0.25) is 0 Å². The van der Waals surface area contributed by atoms with Gasteiger partial charge in [-0.15, -0.1) is 0 Å². The molecular formula is C36H71O10P. The van der Waals surface area contributed by atoms with Crippen LogP contribution in [0.3, 0.4) is 0 Å². The quantitative estimate of drug-likeness (QED) is 0.0329. The van der Waals surface area contributed by atoms with Gasteiger partial charge in [0.25, 0.3) is 0 Å². The van der Waals surface area contributed by atoms with Crippen LogP contribution in [0.15, 0.2) is 0 Å². The normalized spacial score (nSPS) is 14.1. The number of hydrogen-bond donors (Lipinski definition) is 3. The van der Waals surface area contributed by atoms with Gasteiger partial charge in [0.1, 0.15) is 12.7 Å². The summed E-state index contributed by atoms with van der Waals surface area (Å²) in [6, 6.07) is 0. The topological polar surface area (TPSA) is 149 Å². The van der Waals surface area contributed by atoms with Crippen LogP contribution in [-0.4, -0.2) is 65.7 Å². The fourth-order valence-corrected chi connectivity index (χ4v) is 6.08. The maximum atomic E-state index is 12.5. The van der Waals surface area contributed by atoms with Gasteiger partial charge in [0.15, 0.2) is 6.10 Å². The van der Waals surface area contributed by atoms with Gasteiger partial charge in [-0.1, -0.05) is 155 Å². The maximum absolute atomic E-state index is 12.5. The Morgan fingerprint density at radius 2 is 0.915 bits per heavy atom. The molecule has 0 fully saturated rings. The fraction of sp³-hybridized carbons (Fsp3) is 0.944. The first-order chi connectivity index (χ1) is 22.7. The Kier molecular flexibility index (Phi) is 32.7. The molecule has 0 amide bonds. The largest absolute Gasteiger partial charge is 0.472 e. The molecule has 0 heterocycles. The molecule has 0 aliphatic carbocycles. The van der Waals surface area contributed by atoms with E-state index in [1.54, 1.807) is 0 Å². The van der Waals surface area contributed by atoms with E-state index in [9.17, 15) is 24.2 Å². The van der Waals surface area contributed by atoms with Crippen molar-refractivity contribution in [2.75, 3.05) is 26.4 Å². The summed E-state index contributed by atoms with van der Waals surface area (Å²) < 4.78 is 32.4. The number of ether oxygens (including phenoxy) is 2. The zero-order chi connectivity index (χ0) is 34.9. The Labute approximate surface area is 286 Å². The molecule has 0 rings (SSSR count). The molecule has 0 aliphatic rings. The molecule has 0 aliphatic heterocycles. The van der Waals surface area contributed by atoms with Crippen LogP contribution in [0.1, 0.15) is 181 Å². The lowest BCUT2D eigenvalue weighted by Crippen LogP contribution is -2.29. The molecule has 3 N–H and O–H groups in total. The van der Waals surface area contributed by atoms with Crippen LogP contribution >= 0.6 is 7.82 Å². The lowest BCUT2D eigenvalue weighted by atomic mass is 10.0. The summed E-state index contributed by atoms with van der Waals surface area (Å²) in [6.45, 7) is 2.32. The monoisotopic (exact) mass is 694 g/mol. The molecule has 0 spiro atoms. The summed E-state index contributed by atoms with van der Waals surface area (Å²) in [5, 5.41) is 18.2. The minimum absolute atomic E-state index is 0.191. The van der Waals surface area contributed by atoms with Gasteiger partial charge in [-0.2, -0.15) is 0 Å². The van der Waals surface area contributed by atoms with E-state index in [2.05, 4.69) is 18.4 Å². The van der Waals surface area contributed by atoms with Crippen LogP contribution in [0, 0.1) is 0 Å². The molecule has 280 valence electrons. The van der Waals surface area contributed by atoms with Crippen molar-refractivity contribution in [3.8, 4) is 0 Å². The van der Waals surface area contributed by atoms with E-state index in [1.807, 2.05) is 0 Å². The van der Waals surface area contributed by atoms with E-state index in [0.29, 0.717) is 12.8 Å². The summed E-state index contributed by atoms with van der Waals surface area (Å²) in [5.74, 6) is -0.925. The van der Waals surface area contributed by atoms with Crippen molar-refractivity contribution in [1.29, 1.82) is 0 Å². The highest BCUT2D eigenvalue weighted by molar-refractivity contribution is 7.47. The van der Waals surface area contributed by atoms with Gasteiger partial charge in [-0.25, -0.2) is 4.57 Å². The molecule has 3 atom stereocenters. The number of aliphatic hydroxyl groups excluding tert-OH is 2. The first kappa shape index (κ1) is 46.0. The zero-order valence-corrected chi connectivity index (χ0v) is 30.9. The molecule has 0 saturated carbocycles. The fourth-order valence-electron chi connectivity index (χ4n) is 5.29. The third-order valence-corrected chi connectivity index (χ3v) is 9.21. The van der Waals surface area contributed by atoms with Crippen molar-refractivity contribution < 1.29 is 47.8 Å².